The molecule has 0 amide bonds. The Bertz CT molecular complexity index is 802. The number of hydrogen-bond acceptors (Lipinski definition) is 2. The first-order valence-electron chi connectivity index (χ1n) is 7.96. The predicted molar refractivity (Wildman–Crippen MR) is 103 cm³/mol. The van der Waals surface area contributed by atoms with Crippen LogP contribution < -0.4 is 10.1 Å². The van der Waals surface area contributed by atoms with E-state index >= 15 is 0 Å². The highest BCUT2D eigenvalue weighted by atomic mass is 79.9. The van der Waals surface area contributed by atoms with Gasteiger partial charge in [0.25, 0.3) is 0 Å². The zero-order valence-electron chi connectivity index (χ0n) is 13.6. The van der Waals surface area contributed by atoms with E-state index in [0.717, 1.165) is 22.5 Å². The third-order valence-corrected chi connectivity index (χ3v) is 4.31. The van der Waals surface area contributed by atoms with Crippen molar-refractivity contribution in [3.63, 3.8) is 0 Å². The maximum Gasteiger partial charge on any atom is 0.120 e. The van der Waals surface area contributed by atoms with E-state index in [1.165, 1.54) is 16.7 Å². The van der Waals surface area contributed by atoms with Crippen LogP contribution in [-0.2, 0) is 13.2 Å². The van der Waals surface area contributed by atoms with Crippen molar-refractivity contribution in [2.24, 2.45) is 0 Å². The molecule has 3 rings (SSSR count). The molecular formula is C21H20BrNO. The van der Waals surface area contributed by atoms with Crippen molar-refractivity contribution in [3.05, 3.63) is 94.0 Å². The number of ether oxygens (including phenoxy) is 1. The molecule has 0 aliphatic rings. The molecule has 0 aromatic heterocycles. The van der Waals surface area contributed by atoms with Gasteiger partial charge in [0.1, 0.15) is 12.4 Å². The van der Waals surface area contributed by atoms with E-state index in [0.29, 0.717) is 6.61 Å². The Hall–Kier alpha value is -2.26. The number of halogens is 1. The summed E-state index contributed by atoms with van der Waals surface area (Å²) in [5.41, 5.74) is 4.74. The van der Waals surface area contributed by atoms with Crippen LogP contribution >= 0.6 is 15.9 Å². The summed E-state index contributed by atoms with van der Waals surface area (Å²) in [6.45, 7) is 3.46. The summed E-state index contributed by atoms with van der Waals surface area (Å²) < 4.78 is 6.99. The van der Waals surface area contributed by atoms with Gasteiger partial charge in [-0.15, -0.1) is 0 Å². The van der Waals surface area contributed by atoms with Crippen LogP contribution in [0.15, 0.2) is 77.3 Å². The molecule has 0 unspecified atom stereocenters. The van der Waals surface area contributed by atoms with E-state index < -0.39 is 0 Å². The fraction of sp³-hybridized carbons (Fsp3) is 0.143. The van der Waals surface area contributed by atoms with E-state index in [-0.39, 0.29) is 0 Å². The van der Waals surface area contributed by atoms with Gasteiger partial charge in [-0.25, -0.2) is 0 Å². The van der Waals surface area contributed by atoms with Crippen LogP contribution in [0.5, 0.6) is 5.75 Å². The average molecular weight is 382 g/mol. The van der Waals surface area contributed by atoms with Crippen LogP contribution in [-0.4, -0.2) is 0 Å². The summed E-state index contributed by atoms with van der Waals surface area (Å²) in [5, 5.41) is 3.48. The Labute approximate surface area is 151 Å². The van der Waals surface area contributed by atoms with Gasteiger partial charge in [-0.1, -0.05) is 58.4 Å². The Morgan fingerprint density at radius 1 is 0.875 bits per heavy atom. The standard InChI is InChI=1S/C21H20BrNO/c1-16-12-19(22)10-11-21(16)23-14-18-8-5-9-20(13-18)24-15-17-6-3-2-4-7-17/h2-13,23H,14-15H2,1H3. The Balaban J connectivity index is 1.60. The monoisotopic (exact) mass is 381 g/mol. The topological polar surface area (TPSA) is 21.3 Å². The number of hydrogen-bond donors (Lipinski definition) is 1. The van der Waals surface area contributed by atoms with Gasteiger partial charge in [-0.05, 0) is 53.9 Å². The summed E-state index contributed by atoms with van der Waals surface area (Å²) in [4.78, 5) is 0. The molecule has 0 radical (unpaired) electrons. The molecule has 0 fully saturated rings. The predicted octanol–water partition coefficient (Wildman–Crippen LogP) is 5.95. The fourth-order valence-corrected chi connectivity index (χ4v) is 2.98. The second-order valence-electron chi connectivity index (χ2n) is 5.73. The first kappa shape index (κ1) is 16.6. The van der Waals surface area contributed by atoms with Gasteiger partial charge >= 0.3 is 0 Å². The molecule has 1 N–H and O–H groups in total. The van der Waals surface area contributed by atoms with E-state index in [9.17, 15) is 0 Å². The molecule has 0 bridgehead atoms. The molecule has 0 heterocycles. The van der Waals surface area contributed by atoms with Crippen LogP contribution in [0.4, 0.5) is 5.69 Å². The molecule has 3 aromatic rings. The van der Waals surface area contributed by atoms with Crippen molar-refractivity contribution >= 4 is 21.6 Å². The highest BCUT2D eigenvalue weighted by Gasteiger charge is 2.01. The zero-order valence-corrected chi connectivity index (χ0v) is 15.2. The highest BCUT2D eigenvalue weighted by Crippen LogP contribution is 2.21. The van der Waals surface area contributed by atoms with Crippen LogP contribution in [0.3, 0.4) is 0 Å². The molecule has 0 aliphatic heterocycles. The molecule has 0 atom stereocenters. The van der Waals surface area contributed by atoms with Crippen molar-refractivity contribution in [1.82, 2.24) is 0 Å². The van der Waals surface area contributed by atoms with Gasteiger partial charge in [-0.2, -0.15) is 0 Å². The summed E-state index contributed by atoms with van der Waals surface area (Å²) in [7, 11) is 0. The number of nitrogens with one attached hydrogen (secondary N) is 1. The largest absolute Gasteiger partial charge is 0.489 e. The molecule has 0 saturated heterocycles. The molecule has 0 saturated carbocycles. The Kier molecular flexibility index (Phi) is 5.55. The van der Waals surface area contributed by atoms with Crippen molar-refractivity contribution < 1.29 is 4.74 Å². The van der Waals surface area contributed by atoms with E-state index in [4.69, 9.17) is 4.74 Å². The quantitative estimate of drug-likeness (QED) is 0.569. The van der Waals surface area contributed by atoms with Crippen molar-refractivity contribution in [3.8, 4) is 5.75 Å². The molecule has 3 heteroatoms. The lowest BCUT2D eigenvalue weighted by Crippen LogP contribution is -2.02. The molecule has 0 spiro atoms. The van der Waals surface area contributed by atoms with Crippen molar-refractivity contribution in [2.75, 3.05) is 5.32 Å². The summed E-state index contributed by atoms with van der Waals surface area (Å²) >= 11 is 3.49. The van der Waals surface area contributed by atoms with Crippen molar-refractivity contribution in [2.45, 2.75) is 20.1 Å². The normalized spacial score (nSPS) is 10.4. The Morgan fingerprint density at radius 2 is 1.67 bits per heavy atom. The first-order chi connectivity index (χ1) is 11.7. The fourth-order valence-electron chi connectivity index (χ4n) is 2.51. The van der Waals surface area contributed by atoms with Crippen LogP contribution in [0.2, 0.25) is 0 Å². The lowest BCUT2D eigenvalue weighted by molar-refractivity contribution is 0.306. The minimum atomic E-state index is 0.587. The summed E-state index contributed by atoms with van der Waals surface area (Å²) in [6.07, 6.45) is 0. The van der Waals surface area contributed by atoms with Gasteiger partial charge < -0.3 is 10.1 Å². The van der Waals surface area contributed by atoms with Crippen molar-refractivity contribution in [1.29, 1.82) is 0 Å². The maximum atomic E-state index is 5.89. The number of aryl methyl sites for hydroxylation is 1. The van der Waals surface area contributed by atoms with Gasteiger partial charge in [0.05, 0.1) is 0 Å². The van der Waals surface area contributed by atoms with Gasteiger partial charge in [0, 0.05) is 16.7 Å². The smallest absolute Gasteiger partial charge is 0.120 e. The van der Waals surface area contributed by atoms with Crippen LogP contribution in [0, 0.1) is 6.92 Å². The minimum Gasteiger partial charge on any atom is -0.489 e. The van der Waals surface area contributed by atoms with Gasteiger partial charge in [-0.3, -0.25) is 0 Å². The molecule has 3 aromatic carbocycles. The number of benzene rings is 3. The molecule has 122 valence electrons. The number of rotatable bonds is 6. The lowest BCUT2D eigenvalue weighted by Gasteiger charge is -2.11. The third-order valence-electron chi connectivity index (χ3n) is 3.82. The SMILES string of the molecule is Cc1cc(Br)ccc1NCc1cccc(OCc2ccccc2)c1. The van der Waals surface area contributed by atoms with Gasteiger partial charge in [0.2, 0.25) is 0 Å². The van der Waals surface area contributed by atoms with E-state index in [1.54, 1.807) is 0 Å². The Morgan fingerprint density at radius 3 is 2.46 bits per heavy atom. The lowest BCUT2D eigenvalue weighted by atomic mass is 10.1. The molecule has 0 aliphatic carbocycles. The van der Waals surface area contributed by atoms with Crippen LogP contribution in [0.1, 0.15) is 16.7 Å². The summed E-state index contributed by atoms with van der Waals surface area (Å²) in [5.74, 6) is 0.894. The van der Waals surface area contributed by atoms with Gasteiger partial charge in [0.15, 0.2) is 0 Å². The zero-order chi connectivity index (χ0) is 16.8. The van der Waals surface area contributed by atoms with Crippen LogP contribution in [0.25, 0.3) is 0 Å². The third kappa shape index (κ3) is 4.62. The minimum absolute atomic E-state index is 0.587. The highest BCUT2D eigenvalue weighted by molar-refractivity contribution is 9.10. The van der Waals surface area contributed by atoms with E-state index in [1.807, 2.05) is 30.3 Å². The second-order valence-corrected chi connectivity index (χ2v) is 6.65. The summed E-state index contributed by atoms with van der Waals surface area (Å²) in [6, 6.07) is 24.7. The maximum absolute atomic E-state index is 5.89. The van der Waals surface area contributed by atoms with E-state index in [2.05, 4.69) is 70.6 Å². The number of anilines is 1. The molecular weight excluding hydrogens is 362 g/mol. The first-order valence-corrected chi connectivity index (χ1v) is 8.76. The average Bonchev–Trinajstić information content (AvgIpc) is 2.60. The second kappa shape index (κ2) is 8.02. The molecule has 24 heavy (non-hydrogen) atoms. The molecule has 2 nitrogen and oxygen atoms in total.